The lowest BCUT2D eigenvalue weighted by Gasteiger charge is -2.05. The average molecular weight is 357 g/mol. The lowest BCUT2D eigenvalue weighted by molar-refractivity contribution is -0.144. The lowest BCUT2D eigenvalue weighted by Crippen LogP contribution is -2.05. The molecule has 4 nitrogen and oxygen atoms in total. The topological polar surface area (TPSA) is 52.6 Å². The van der Waals surface area contributed by atoms with E-state index in [2.05, 4.69) is 13.8 Å². The van der Waals surface area contributed by atoms with Crippen LogP contribution in [0.2, 0.25) is 0 Å². The van der Waals surface area contributed by atoms with Gasteiger partial charge in [0.15, 0.2) is 0 Å². The number of esters is 2. The molecule has 0 N–H and O–H groups in total. The van der Waals surface area contributed by atoms with Gasteiger partial charge in [-0.2, -0.15) is 0 Å². The molecule has 0 spiro atoms. The second kappa shape index (κ2) is 19.3. The number of unbranched alkanes of at least 4 members (excludes halogenated alkanes) is 10. The summed E-state index contributed by atoms with van der Waals surface area (Å²) < 4.78 is 10.4. The average Bonchev–Trinajstić information content (AvgIpc) is 2.61. The van der Waals surface area contributed by atoms with E-state index in [-0.39, 0.29) is 11.9 Å². The number of ether oxygens (including phenoxy) is 2. The highest BCUT2D eigenvalue weighted by Crippen LogP contribution is 2.11. The van der Waals surface area contributed by atoms with Gasteiger partial charge in [-0.3, -0.25) is 9.59 Å². The molecular formula is C21H40O4. The molecule has 0 aromatic heterocycles. The highest BCUT2D eigenvalue weighted by molar-refractivity contribution is 5.69. The Morgan fingerprint density at radius 3 is 1.24 bits per heavy atom. The first-order valence-electron chi connectivity index (χ1n) is 10.5. The molecule has 0 aromatic carbocycles. The fraction of sp³-hybridized carbons (Fsp3) is 0.905. The monoisotopic (exact) mass is 356 g/mol. The number of hydrogen-bond acceptors (Lipinski definition) is 4. The highest BCUT2D eigenvalue weighted by Gasteiger charge is 2.03. The van der Waals surface area contributed by atoms with Crippen molar-refractivity contribution in [2.75, 3.05) is 13.2 Å². The standard InChI is InChI=1S/C21H40O4/c1-3-5-14-18-24-20(22)16-12-10-8-7-9-11-13-17-21(23)25-19-15-6-4-2/h3-19H2,1-2H3. The Morgan fingerprint density at radius 2 is 0.880 bits per heavy atom. The van der Waals surface area contributed by atoms with Crippen molar-refractivity contribution in [2.24, 2.45) is 0 Å². The van der Waals surface area contributed by atoms with Gasteiger partial charge in [-0.05, 0) is 25.7 Å². The molecule has 4 heteroatoms. The maximum atomic E-state index is 11.5. The summed E-state index contributed by atoms with van der Waals surface area (Å²) in [5, 5.41) is 0. The van der Waals surface area contributed by atoms with Gasteiger partial charge < -0.3 is 9.47 Å². The third-order valence-corrected chi connectivity index (χ3v) is 4.28. The van der Waals surface area contributed by atoms with Crippen molar-refractivity contribution in [1.29, 1.82) is 0 Å². The minimum Gasteiger partial charge on any atom is -0.466 e. The fourth-order valence-electron chi connectivity index (χ4n) is 2.64. The molecule has 0 aliphatic rings. The Kier molecular flexibility index (Phi) is 18.5. The number of carbonyl (C=O) groups excluding carboxylic acids is 2. The summed E-state index contributed by atoms with van der Waals surface area (Å²) >= 11 is 0. The number of hydrogen-bond donors (Lipinski definition) is 0. The Morgan fingerprint density at radius 1 is 0.520 bits per heavy atom. The zero-order chi connectivity index (χ0) is 18.6. The van der Waals surface area contributed by atoms with Crippen molar-refractivity contribution in [1.82, 2.24) is 0 Å². The van der Waals surface area contributed by atoms with Crippen molar-refractivity contribution in [2.45, 2.75) is 110 Å². The van der Waals surface area contributed by atoms with Gasteiger partial charge in [0.1, 0.15) is 0 Å². The van der Waals surface area contributed by atoms with Gasteiger partial charge in [-0.25, -0.2) is 0 Å². The maximum Gasteiger partial charge on any atom is 0.305 e. The summed E-state index contributed by atoms with van der Waals surface area (Å²) in [6, 6.07) is 0. The quantitative estimate of drug-likeness (QED) is 0.224. The molecule has 0 radical (unpaired) electrons. The molecule has 0 fully saturated rings. The number of carbonyl (C=O) groups is 2. The Balaban J connectivity index is 3.23. The Labute approximate surface area is 155 Å². The lowest BCUT2D eigenvalue weighted by atomic mass is 10.1. The van der Waals surface area contributed by atoms with E-state index >= 15 is 0 Å². The molecule has 0 rings (SSSR count). The van der Waals surface area contributed by atoms with Crippen LogP contribution in [-0.4, -0.2) is 25.2 Å². The molecule has 0 saturated heterocycles. The largest absolute Gasteiger partial charge is 0.466 e. The molecule has 0 aliphatic heterocycles. The predicted molar refractivity (Wildman–Crippen MR) is 103 cm³/mol. The second-order valence-electron chi connectivity index (χ2n) is 6.83. The van der Waals surface area contributed by atoms with Gasteiger partial charge in [0, 0.05) is 12.8 Å². The van der Waals surface area contributed by atoms with Crippen molar-refractivity contribution in [3.05, 3.63) is 0 Å². The smallest absolute Gasteiger partial charge is 0.305 e. The zero-order valence-corrected chi connectivity index (χ0v) is 16.7. The van der Waals surface area contributed by atoms with E-state index in [1.807, 2.05) is 0 Å². The summed E-state index contributed by atoms with van der Waals surface area (Å²) in [4.78, 5) is 23.0. The summed E-state index contributed by atoms with van der Waals surface area (Å²) in [6.07, 6.45) is 15.1. The van der Waals surface area contributed by atoms with Crippen molar-refractivity contribution >= 4 is 11.9 Å². The van der Waals surface area contributed by atoms with Crippen LogP contribution in [-0.2, 0) is 19.1 Å². The summed E-state index contributed by atoms with van der Waals surface area (Å²) in [5.41, 5.74) is 0. The van der Waals surface area contributed by atoms with E-state index in [1.165, 1.54) is 6.42 Å². The molecule has 0 amide bonds. The van der Waals surface area contributed by atoms with Crippen LogP contribution in [0.25, 0.3) is 0 Å². The number of rotatable bonds is 18. The first-order chi connectivity index (χ1) is 12.2. The summed E-state index contributed by atoms with van der Waals surface area (Å²) in [7, 11) is 0. The van der Waals surface area contributed by atoms with Crippen LogP contribution >= 0.6 is 0 Å². The van der Waals surface area contributed by atoms with E-state index in [9.17, 15) is 9.59 Å². The third-order valence-electron chi connectivity index (χ3n) is 4.28. The van der Waals surface area contributed by atoms with Crippen LogP contribution in [0, 0.1) is 0 Å². The van der Waals surface area contributed by atoms with Gasteiger partial charge in [-0.15, -0.1) is 0 Å². The van der Waals surface area contributed by atoms with E-state index in [0.29, 0.717) is 26.1 Å². The molecule has 0 aliphatic carbocycles. The van der Waals surface area contributed by atoms with Crippen LogP contribution < -0.4 is 0 Å². The first-order valence-corrected chi connectivity index (χ1v) is 10.5. The van der Waals surface area contributed by atoms with Gasteiger partial charge in [-0.1, -0.05) is 71.6 Å². The van der Waals surface area contributed by atoms with Crippen molar-refractivity contribution < 1.29 is 19.1 Å². The fourth-order valence-corrected chi connectivity index (χ4v) is 2.64. The van der Waals surface area contributed by atoms with E-state index in [4.69, 9.17) is 9.47 Å². The molecule has 0 atom stereocenters. The highest BCUT2D eigenvalue weighted by atomic mass is 16.5. The molecule has 0 saturated carbocycles. The summed E-state index contributed by atoms with van der Waals surface area (Å²) in [6.45, 7) is 5.44. The van der Waals surface area contributed by atoms with Crippen LogP contribution in [0.4, 0.5) is 0 Å². The van der Waals surface area contributed by atoms with Crippen molar-refractivity contribution in [3.63, 3.8) is 0 Å². The van der Waals surface area contributed by atoms with Crippen LogP contribution in [0.1, 0.15) is 110 Å². The van der Waals surface area contributed by atoms with Crippen LogP contribution in [0.15, 0.2) is 0 Å². The minimum absolute atomic E-state index is 0.0476. The predicted octanol–water partition coefficient (Wildman–Crippen LogP) is 5.96. The first kappa shape index (κ1) is 23.9. The van der Waals surface area contributed by atoms with Gasteiger partial charge in [0.05, 0.1) is 13.2 Å². The van der Waals surface area contributed by atoms with Crippen LogP contribution in [0.3, 0.4) is 0 Å². The Hall–Kier alpha value is -1.06. The van der Waals surface area contributed by atoms with E-state index in [0.717, 1.165) is 77.0 Å². The molecule has 0 heterocycles. The van der Waals surface area contributed by atoms with E-state index < -0.39 is 0 Å². The Bertz CT molecular complexity index is 285. The second-order valence-corrected chi connectivity index (χ2v) is 6.83. The van der Waals surface area contributed by atoms with Crippen LogP contribution in [0.5, 0.6) is 0 Å². The normalized spacial score (nSPS) is 10.6. The molecule has 0 bridgehead atoms. The third kappa shape index (κ3) is 19.1. The SMILES string of the molecule is CCCCCOC(=O)CCCCCCCCCC(=O)OCCCCC. The van der Waals surface area contributed by atoms with Crippen molar-refractivity contribution in [3.8, 4) is 0 Å². The molecule has 0 aromatic rings. The van der Waals surface area contributed by atoms with E-state index in [1.54, 1.807) is 0 Å². The zero-order valence-electron chi connectivity index (χ0n) is 16.7. The molecule has 25 heavy (non-hydrogen) atoms. The molecule has 148 valence electrons. The molecular weight excluding hydrogens is 316 g/mol. The van der Waals surface area contributed by atoms with Gasteiger partial charge in [0.25, 0.3) is 0 Å². The maximum absolute atomic E-state index is 11.5. The minimum atomic E-state index is -0.0476. The summed E-state index contributed by atoms with van der Waals surface area (Å²) in [5.74, 6) is -0.0953. The van der Waals surface area contributed by atoms with Gasteiger partial charge >= 0.3 is 11.9 Å². The molecule has 0 unspecified atom stereocenters. The van der Waals surface area contributed by atoms with Gasteiger partial charge in [0.2, 0.25) is 0 Å².